The lowest BCUT2D eigenvalue weighted by Gasteiger charge is -2.16. The standard InChI is InChI=1S/C14H18F2O2/c1-8(2)9-5-10(7-14(18)3-4-14)12(17)11(6-9)13(15)16/h5-6,8,13,17-18H,3-4,7H2,1-2H3. The van der Waals surface area contributed by atoms with Crippen molar-refractivity contribution in [3.05, 3.63) is 28.8 Å². The summed E-state index contributed by atoms with van der Waals surface area (Å²) in [7, 11) is 0. The SMILES string of the molecule is CC(C)c1cc(CC2(O)CC2)c(O)c(C(F)F)c1. The number of hydrogen-bond acceptors (Lipinski definition) is 2. The van der Waals surface area contributed by atoms with Crippen LogP contribution in [-0.2, 0) is 6.42 Å². The summed E-state index contributed by atoms with van der Waals surface area (Å²) in [6, 6.07) is 3.08. The molecule has 2 nitrogen and oxygen atoms in total. The maximum Gasteiger partial charge on any atom is 0.267 e. The summed E-state index contributed by atoms with van der Waals surface area (Å²) in [6.45, 7) is 3.83. The molecular formula is C14H18F2O2. The lowest BCUT2D eigenvalue weighted by atomic mass is 9.94. The second-order valence-electron chi connectivity index (χ2n) is 5.47. The Bertz CT molecular complexity index is 451. The van der Waals surface area contributed by atoms with Crippen molar-refractivity contribution >= 4 is 0 Å². The van der Waals surface area contributed by atoms with Crippen molar-refractivity contribution in [2.75, 3.05) is 0 Å². The van der Waals surface area contributed by atoms with E-state index in [0.29, 0.717) is 18.4 Å². The van der Waals surface area contributed by atoms with Crippen molar-refractivity contribution in [3.63, 3.8) is 0 Å². The molecule has 0 aliphatic heterocycles. The fourth-order valence-corrected chi connectivity index (χ4v) is 2.05. The van der Waals surface area contributed by atoms with Crippen LogP contribution in [0.1, 0.15) is 55.7 Å². The molecule has 1 fully saturated rings. The molecule has 0 unspecified atom stereocenters. The lowest BCUT2D eigenvalue weighted by Crippen LogP contribution is -2.12. The third-order valence-electron chi connectivity index (χ3n) is 3.49. The predicted molar refractivity (Wildman–Crippen MR) is 65.0 cm³/mol. The van der Waals surface area contributed by atoms with Crippen molar-refractivity contribution < 1.29 is 19.0 Å². The summed E-state index contributed by atoms with van der Waals surface area (Å²) in [5, 5.41) is 19.7. The van der Waals surface area contributed by atoms with Gasteiger partial charge in [-0.3, -0.25) is 0 Å². The molecule has 4 heteroatoms. The Morgan fingerprint density at radius 3 is 2.33 bits per heavy atom. The Morgan fingerprint density at radius 1 is 1.28 bits per heavy atom. The minimum atomic E-state index is -2.70. The number of benzene rings is 1. The average molecular weight is 256 g/mol. The van der Waals surface area contributed by atoms with E-state index in [1.165, 1.54) is 6.07 Å². The van der Waals surface area contributed by atoms with Crippen molar-refractivity contribution in [1.82, 2.24) is 0 Å². The molecular weight excluding hydrogens is 238 g/mol. The molecule has 0 heterocycles. The minimum Gasteiger partial charge on any atom is -0.507 e. The van der Waals surface area contributed by atoms with E-state index in [1.54, 1.807) is 6.07 Å². The van der Waals surface area contributed by atoms with Crippen LogP contribution >= 0.6 is 0 Å². The Labute approximate surface area is 105 Å². The van der Waals surface area contributed by atoms with Crippen LogP contribution in [0.4, 0.5) is 8.78 Å². The van der Waals surface area contributed by atoms with Gasteiger partial charge in [0, 0.05) is 6.42 Å². The highest BCUT2D eigenvalue weighted by Crippen LogP contribution is 2.42. The lowest BCUT2D eigenvalue weighted by molar-refractivity contribution is 0.142. The monoisotopic (exact) mass is 256 g/mol. The van der Waals surface area contributed by atoms with E-state index < -0.39 is 12.0 Å². The third kappa shape index (κ3) is 2.64. The van der Waals surface area contributed by atoms with Gasteiger partial charge in [0.1, 0.15) is 5.75 Å². The van der Waals surface area contributed by atoms with Crippen LogP contribution in [0.2, 0.25) is 0 Å². The molecule has 1 aliphatic rings. The molecule has 1 saturated carbocycles. The maximum absolute atomic E-state index is 12.9. The van der Waals surface area contributed by atoms with Crippen LogP contribution in [0.5, 0.6) is 5.75 Å². The Morgan fingerprint density at radius 2 is 1.89 bits per heavy atom. The minimum absolute atomic E-state index is 0.107. The first-order valence-electron chi connectivity index (χ1n) is 6.18. The summed E-state index contributed by atoms with van der Waals surface area (Å²) in [5.74, 6) is -0.259. The number of aromatic hydroxyl groups is 1. The molecule has 1 aromatic carbocycles. The first kappa shape index (κ1) is 13.3. The largest absolute Gasteiger partial charge is 0.507 e. The molecule has 2 N–H and O–H groups in total. The van der Waals surface area contributed by atoms with Crippen LogP contribution in [0.3, 0.4) is 0 Å². The van der Waals surface area contributed by atoms with Crippen LogP contribution in [-0.4, -0.2) is 15.8 Å². The van der Waals surface area contributed by atoms with E-state index in [0.717, 1.165) is 5.56 Å². The number of phenols is 1. The summed E-state index contributed by atoms with van der Waals surface area (Å²) in [4.78, 5) is 0. The first-order valence-corrected chi connectivity index (χ1v) is 6.18. The van der Waals surface area contributed by atoms with E-state index >= 15 is 0 Å². The molecule has 1 aliphatic carbocycles. The highest BCUT2D eigenvalue weighted by Gasteiger charge is 2.41. The second kappa shape index (κ2) is 4.50. The first-order chi connectivity index (χ1) is 8.32. The van der Waals surface area contributed by atoms with Crippen molar-refractivity contribution in [2.24, 2.45) is 0 Å². The highest BCUT2D eigenvalue weighted by molar-refractivity contribution is 5.46. The normalized spacial score (nSPS) is 17.5. The molecule has 0 bridgehead atoms. The maximum atomic E-state index is 12.9. The Kier molecular flexibility index (Phi) is 3.32. The van der Waals surface area contributed by atoms with E-state index in [-0.39, 0.29) is 23.7 Å². The molecule has 0 radical (unpaired) electrons. The van der Waals surface area contributed by atoms with E-state index in [4.69, 9.17) is 0 Å². The van der Waals surface area contributed by atoms with Crippen molar-refractivity contribution in [2.45, 2.75) is 51.1 Å². The molecule has 0 spiro atoms. The van der Waals surface area contributed by atoms with Crippen molar-refractivity contribution in [3.8, 4) is 5.75 Å². The van der Waals surface area contributed by atoms with Gasteiger partial charge >= 0.3 is 0 Å². The summed E-state index contributed by atoms with van der Waals surface area (Å²) >= 11 is 0. The molecule has 2 rings (SSSR count). The molecule has 0 saturated heterocycles. The third-order valence-corrected chi connectivity index (χ3v) is 3.49. The number of phenolic OH excluding ortho intramolecular Hbond substituents is 1. The fraction of sp³-hybridized carbons (Fsp3) is 0.571. The Balaban J connectivity index is 2.42. The zero-order valence-corrected chi connectivity index (χ0v) is 10.6. The van der Waals surface area contributed by atoms with Crippen LogP contribution in [0, 0.1) is 0 Å². The van der Waals surface area contributed by atoms with Gasteiger partial charge in [0.25, 0.3) is 6.43 Å². The smallest absolute Gasteiger partial charge is 0.267 e. The van der Waals surface area contributed by atoms with Crippen LogP contribution in [0.15, 0.2) is 12.1 Å². The van der Waals surface area contributed by atoms with Crippen molar-refractivity contribution in [1.29, 1.82) is 0 Å². The number of aliphatic hydroxyl groups is 1. The molecule has 0 atom stereocenters. The topological polar surface area (TPSA) is 40.5 Å². The predicted octanol–water partition coefficient (Wildman–Crippen LogP) is 3.52. The summed E-state index contributed by atoms with van der Waals surface area (Å²) < 4.78 is 25.8. The van der Waals surface area contributed by atoms with Gasteiger partial charge < -0.3 is 10.2 Å². The number of alkyl halides is 2. The second-order valence-corrected chi connectivity index (χ2v) is 5.47. The summed E-state index contributed by atoms with van der Waals surface area (Å²) in [5.41, 5.74) is 0.0613. The number of rotatable bonds is 4. The fourth-order valence-electron chi connectivity index (χ4n) is 2.05. The number of hydrogen-bond donors (Lipinski definition) is 2. The Hall–Kier alpha value is -1.16. The van der Waals surface area contributed by atoms with Gasteiger partial charge in [-0.2, -0.15) is 0 Å². The molecule has 0 aromatic heterocycles. The zero-order chi connectivity index (χ0) is 13.5. The van der Waals surface area contributed by atoms with Gasteiger partial charge in [-0.15, -0.1) is 0 Å². The van der Waals surface area contributed by atoms with E-state index in [9.17, 15) is 19.0 Å². The van der Waals surface area contributed by atoms with Gasteiger partial charge in [-0.05, 0) is 36.0 Å². The van der Waals surface area contributed by atoms with Gasteiger partial charge in [-0.25, -0.2) is 8.78 Å². The van der Waals surface area contributed by atoms with Gasteiger partial charge in [0.15, 0.2) is 0 Å². The number of halogens is 2. The highest BCUT2D eigenvalue weighted by atomic mass is 19.3. The quantitative estimate of drug-likeness (QED) is 0.865. The van der Waals surface area contributed by atoms with Gasteiger partial charge in [-0.1, -0.05) is 19.9 Å². The molecule has 100 valence electrons. The van der Waals surface area contributed by atoms with Crippen LogP contribution in [0.25, 0.3) is 0 Å². The van der Waals surface area contributed by atoms with E-state index in [2.05, 4.69) is 0 Å². The average Bonchev–Trinajstić information content (AvgIpc) is 2.98. The zero-order valence-electron chi connectivity index (χ0n) is 10.6. The molecule has 1 aromatic rings. The molecule has 0 amide bonds. The molecule has 18 heavy (non-hydrogen) atoms. The van der Waals surface area contributed by atoms with Gasteiger partial charge in [0.05, 0.1) is 11.2 Å². The summed E-state index contributed by atoms with van der Waals surface area (Å²) in [6.07, 6.45) is -1.11. The van der Waals surface area contributed by atoms with E-state index in [1.807, 2.05) is 13.8 Å². The van der Waals surface area contributed by atoms with Gasteiger partial charge in [0.2, 0.25) is 0 Å². The van der Waals surface area contributed by atoms with Crippen LogP contribution < -0.4 is 0 Å².